The van der Waals surface area contributed by atoms with E-state index in [4.69, 9.17) is 14.2 Å². The molecule has 5 nitrogen and oxygen atoms in total. The second-order valence-electron chi connectivity index (χ2n) is 8.56. The topological polar surface area (TPSA) is 56.8 Å². The van der Waals surface area contributed by atoms with Crippen molar-refractivity contribution in [3.8, 4) is 11.5 Å². The normalized spacial score (nSPS) is 22.1. The lowest BCUT2D eigenvalue weighted by Gasteiger charge is -2.41. The zero-order valence-electron chi connectivity index (χ0n) is 17.4. The van der Waals surface area contributed by atoms with Crippen molar-refractivity contribution in [2.45, 2.75) is 50.2 Å². The lowest BCUT2D eigenvalue weighted by molar-refractivity contribution is -0.131. The molecule has 1 atom stereocenters. The van der Waals surface area contributed by atoms with E-state index in [-0.39, 0.29) is 17.6 Å². The van der Waals surface area contributed by atoms with Crippen LogP contribution in [0.3, 0.4) is 0 Å². The van der Waals surface area contributed by atoms with E-state index in [9.17, 15) is 4.79 Å². The van der Waals surface area contributed by atoms with Gasteiger partial charge in [0.2, 0.25) is 5.91 Å². The van der Waals surface area contributed by atoms with Gasteiger partial charge in [-0.2, -0.15) is 0 Å². The molecule has 1 unspecified atom stereocenters. The van der Waals surface area contributed by atoms with Gasteiger partial charge in [-0.15, -0.1) is 0 Å². The summed E-state index contributed by atoms with van der Waals surface area (Å²) in [6, 6.07) is 15.7. The van der Waals surface area contributed by atoms with Gasteiger partial charge in [0.25, 0.3) is 0 Å². The van der Waals surface area contributed by atoms with Crippen LogP contribution >= 0.6 is 0 Å². The van der Waals surface area contributed by atoms with Crippen molar-refractivity contribution in [2.24, 2.45) is 0 Å². The van der Waals surface area contributed by atoms with Gasteiger partial charge in [0.15, 0.2) is 0 Å². The largest absolute Gasteiger partial charge is 0.497 e. The molecule has 2 aromatic carbocycles. The lowest BCUT2D eigenvalue weighted by Crippen LogP contribution is -2.51. The van der Waals surface area contributed by atoms with Crippen LogP contribution in [0.1, 0.15) is 50.3 Å². The Morgan fingerprint density at radius 2 is 1.83 bits per heavy atom. The third-order valence-corrected chi connectivity index (χ3v) is 6.09. The molecule has 4 rings (SSSR count). The highest BCUT2D eigenvalue weighted by Crippen LogP contribution is 2.42. The van der Waals surface area contributed by atoms with Gasteiger partial charge in [-0.25, -0.2) is 0 Å². The number of hydrogen-bond acceptors (Lipinski definition) is 4. The fraction of sp³-hybridized carbons (Fsp3) is 0.458. The Labute approximate surface area is 172 Å². The third-order valence-electron chi connectivity index (χ3n) is 6.09. The molecule has 1 amide bonds. The molecular formula is C24H29NO4. The average Bonchev–Trinajstić information content (AvgIpc) is 2.74. The fourth-order valence-electron chi connectivity index (χ4n) is 4.51. The maximum Gasteiger partial charge on any atom is 0.231 e. The van der Waals surface area contributed by atoms with Crippen molar-refractivity contribution in [3.05, 3.63) is 59.7 Å². The number of fused-ring (bicyclic) bond motifs is 1. The zero-order valence-corrected chi connectivity index (χ0v) is 17.4. The fourth-order valence-corrected chi connectivity index (χ4v) is 4.51. The molecule has 0 radical (unpaired) electrons. The van der Waals surface area contributed by atoms with Gasteiger partial charge in [-0.3, -0.25) is 4.79 Å². The molecule has 1 fully saturated rings. The highest BCUT2D eigenvalue weighted by Gasteiger charge is 2.44. The summed E-state index contributed by atoms with van der Waals surface area (Å²) in [4.78, 5) is 13.7. The first-order chi connectivity index (χ1) is 13.9. The number of rotatable bonds is 4. The first-order valence-electron chi connectivity index (χ1n) is 10.2. The quantitative estimate of drug-likeness (QED) is 0.845. The molecule has 154 valence electrons. The minimum atomic E-state index is -0.568. The number of carbonyl (C=O) groups is 1. The molecule has 2 aliphatic heterocycles. The van der Waals surface area contributed by atoms with E-state index in [1.807, 2.05) is 36.4 Å². The van der Waals surface area contributed by atoms with Crippen molar-refractivity contribution in [1.29, 1.82) is 0 Å². The second kappa shape index (κ2) is 7.71. The van der Waals surface area contributed by atoms with E-state index < -0.39 is 5.41 Å². The van der Waals surface area contributed by atoms with Crippen LogP contribution in [0.25, 0.3) is 0 Å². The van der Waals surface area contributed by atoms with Gasteiger partial charge in [0, 0.05) is 25.2 Å². The number of carbonyl (C=O) groups excluding carboxylic acids is 1. The molecule has 0 saturated carbocycles. The molecule has 2 heterocycles. The van der Waals surface area contributed by atoms with Crippen LogP contribution in [0.4, 0.5) is 0 Å². The molecule has 0 bridgehead atoms. The van der Waals surface area contributed by atoms with Crippen molar-refractivity contribution >= 4 is 5.91 Å². The SMILES string of the molecule is COc1ccc2c(c1)C(NC(=O)C1(c3ccccc3)CCOCC1)CC(C)(C)O2. The standard InChI is InChI=1S/C24H29NO4/c1-23(2)16-20(19-15-18(27-3)9-10-21(19)29-23)25-22(26)24(11-13-28-14-12-24)17-7-5-4-6-8-17/h4-10,15,20H,11-14,16H2,1-3H3,(H,25,26). The molecule has 0 aromatic heterocycles. The Hall–Kier alpha value is -2.53. The first-order valence-corrected chi connectivity index (χ1v) is 10.2. The number of benzene rings is 2. The summed E-state index contributed by atoms with van der Waals surface area (Å²) < 4.78 is 17.2. The molecule has 2 aromatic rings. The number of amides is 1. The van der Waals surface area contributed by atoms with Gasteiger partial charge in [0.1, 0.15) is 17.1 Å². The van der Waals surface area contributed by atoms with E-state index in [1.165, 1.54) is 0 Å². The van der Waals surface area contributed by atoms with Gasteiger partial charge in [-0.1, -0.05) is 30.3 Å². The van der Waals surface area contributed by atoms with Gasteiger partial charge < -0.3 is 19.5 Å². The van der Waals surface area contributed by atoms with Gasteiger partial charge >= 0.3 is 0 Å². The van der Waals surface area contributed by atoms with Crippen molar-refractivity contribution in [2.75, 3.05) is 20.3 Å². The van der Waals surface area contributed by atoms with Crippen LogP contribution in [0, 0.1) is 0 Å². The molecule has 1 N–H and O–H groups in total. The first kappa shape index (κ1) is 19.8. The highest BCUT2D eigenvalue weighted by molar-refractivity contribution is 5.89. The van der Waals surface area contributed by atoms with Gasteiger partial charge in [0.05, 0.1) is 18.6 Å². The van der Waals surface area contributed by atoms with E-state index in [0.717, 1.165) is 22.6 Å². The van der Waals surface area contributed by atoms with E-state index >= 15 is 0 Å². The van der Waals surface area contributed by atoms with E-state index in [2.05, 4.69) is 31.3 Å². The monoisotopic (exact) mass is 395 g/mol. The maximum absolute atomic E-state index is 13.7. The van der Waals surface area contributed by atoms with Crippen LogP contribution in [-0.2, 0) is 14.9 Å². The predicted molar refractivity (Wildman–Crippen MR) is 111 cm³/mol. The van der Waals surface area contributed by atoms with Crippen LogP contribution in [-0.4, -0.2) is 31.8 Å². The Kier molecular flexibility index (Phi) is 5.26. The van der Waals surface area contributed by atoms with Crippen LogP contribution in [0.15, 0.2) is 48.5 Å². The predicted octanol–water partition coefficient (Wildman–Crippen LogP) is 4.16. The summed E-state index contributed by atoms with van der Waals surface area (Å²) in [5.41, 5.74) is 1.08. The Bertz CT molecular complexity index is 872. The summed E-state index contributed by atoms with van der Waals surface area (Å²) in [6.07, 6.45) is 2.06. The molecule has 0 spiro atoms. The molecule has 5 heteroatoms. The molecule has 29 heavy (non-hydrogen) atoms. The Morgan fingerprint density at radius 1 is 1.10 bits per heavy atom. The summed E-state index contributed by atoms with van der Waals surface area (Å²) in [5.74, 6) is 1.62. The summed E-state index contributed by atoms with van der Waals surface area (Å²) >= 11 is 0. The zero-order chi connectivity index (χ0) is 20.5. The summed E-state index contributed by atoms with van der Waals surface area (Å²) in [5, 5.41) is 3.36. The number of hydrogen-bond donors (Lipinski definition) is 1. The number of methoxy groups -OCH3 is 1. The van der Waals surface area contributed by atoms with Crippen molar-refractivity contribution in [3.63, 3.8) is 0 Å². The second-order valence-corrected chi connectivity index (χ2v) is 8.56. The van der Waals surface area contributed by atoms with Crippen LogP contribution < -0.4 is 14.8 Å². The van der Waals surface area contributed by atoms with E-state index in [1.54, 1.807) is 7.11 Å². The van der Waals surface area contributed by atoms with Crippen LogP contribution in [0.2, 0.25) is 0 Å². The maximum atomic E-state index is 13.7. The number of nitrogens with one attached hydrogen (secondary N) is 1. The third kappa shape index (κ3) is 3.84. The Balaban J connectivity index is 1.68. The molecule has 2 aliphatic rings. The minimum Gasteiger partial charge on any atom is -0.497 e. The summed E-state index contributed by atoms with van der Waals surface area (Å²) in [6.45, 7) is 5.29. The molecular weight excluding hydrogens is 366 g/mol. The molecule has 0 aliphatic carbocycles. The average molecular weight is 395 g/mol. The van der Waals surface area contributed by atoms with Crippen molar-refractivity contribution in [1.82, 2.24) is 5.32 Å². The molecule has 1 saturated heterocycles. The van der Waals surface area contributed by atoms with E-state index in [0.29, 0.717) is 32.5 Å². The van der Waals surface area contributed by atoms with Crippen molar-refractivity contribution < 1.29 is 19.0 Å². The highest BCUT2D eigenvalue weighted by atomic mass is 16.5. The summed E-state index contributed by atoms with van der Waals surface area (Å²) in [7, 11) is 1.65. The van der Waals surface area contributed by atoms with Crippen LogP contribution in [0.5, 0.6) is 11.5 Å². The lowest BCUT2D eigenvalue weighted by atomic mass is 9.73. The van der Waals surface area contributed by atoms with Gasteiger partial charge in [-0.05, 0) is 50.5 Å². The minimum absolute atomic E-state index is 0.0588. The number of ether oxygens (including phenoxy) is 3. The smallest absolute Gasteiger partial charge is 0.231 e. The Morgan fingerprint density at radius 3 is 2.52 bits per heavy atom.